The molecule has 10 heteroatoms. The molecule has 0 saturated heterocycles. The van der Waals surface area contributed by atoms with Crippen molar-refractivity contribution < 1.29 is 19.4 Å². The first kappa shape index (κ1) is 18.4. The number of carbonyl (C=O) groups is 1. The second-order valence-corrected chi connectivity index (χ2v) is 5.62. The molecule has 10 nitrogen and oxygen atoms in total. The Morgan fingerprint density at radius 1 is 1.30 bits per heavy atom. The average Bonchev–Trinajstić information content (AvgIpc) is 3.08. The normalized spacial score (nSPS) is 10.8. The van der Waals surface area contributed by atoms with Gasteiger partial charge in [0, 0.05) is 6.07 Å². The number of methoxy groups -OCH3 is 2. The van der Waals surface area contributed by atoms with Crippen LogP contribution < -0.4 is 20.3 Å². The Morgan fingerprint density at radius 2 is 2.11 bits per heavy atom. The Morgan fingerprint density at radius 3 is 2.81 bits per heavy atom. The predicted molar refractivity (Wildman–Crippen MR) is 97.0 cm³/mol. The van der Waals surface area contributed by atoms with Crippen molar-refractivity contribution in [2.75, 3.05) is 26.1 Å². The molecule has 3 aromatic rings. The Balaban J connectivity index is 1.80. The SMILES string of the molecule is COc1ccc(NC(=O)Cn2cnc3c(cnn3CCO)c2=O)c(OC)c1. The van der Waals surface area contributed by atoms with Crippen molar-refractivity contribution >= 4 is 22.6 Å². The smallest absolute Gasteiger partial charge is 0.264 e. The quantitative estimate of drug-likeness (QED) is 0.609. The number of rotatable bonds is 7. The molecule has 27 heavy (non-hydrogen) atoms. The topological polar surface area (TPSA) is 121 Å². The van der Waals surface area contributed by atoms with E-state index >= 15 is 0 Å². The molecular weight excluding hydrogens is 354 g/mol. The fourth-order valence-electron chi connectivity index (χ4n) is 2.61. The van der Waals surface area contributed by atoms with Crippen molar-refractivity contribution in [1.82, 2.24) is 19.3 Å². The third kappa shape index (κ3) is 3.75. The van der Waals surface area contributed by atoms with Gasteiger partial charge in [-0.05, 0) is 12.1 Å². The van der Waals surface area contributed by atoms with E-state index in [4.69, 9.17) is 14.6 Å². The van der Waals surface area contributed by atoms with Crippen LogP contribution in [0.1, 0.15) is 0 Å². The van der Waals surface area contributed by atoms with Gasteiger partial charge in [-0.1, -0.05) is 0 Å². The molecule has 1 aromatic carbocycles. The Labute approximate surface area is 154 Å². The molecule has 3 rings (SSSR count). The summed E-state index contributed by atoms with van der Waals surface area (Å²) >= 11 is 0. The van der Waals surface area contributed by atoms with Gasteiger partial charge in [0.15, 0.2) is 5.65 Å². The van der Waals surface area contributed by atoms with Crippen LogP contribution in [0.2, 0.25) is 0 Å². The zero-order chi connectivity index (χ0) is 19.4. The molecule has 0 unspecified atom stereocenters. The summed E-state index contributed by atoms with van der Waals surface area (Å²) in [6, 6.07) is 4.98. The van der Waals surface area contributed by atoms with Crippen molar-refractivity contribution in [2.45, 2.75) is 13.1 Å². The lowest BCUT2D eigenvalue weighted by molar-refractivity contribution is -0.116. The van der Waals surface area contributed by atoms with Gasteiger partial charge in [-0.3, -0.25) is 14.2 Å². The zero-order valence-electron chi connectivity index (χ0n) is 14.9. The fraction of sp³-hybridized carbons (Fsp3) is 0.294. The summed E-state index contributed by atoms with van der Waals surface area (Å²) in [5.41, 5.74) is 0.435. The third-order valence-electron chi connectivity index (χ3n) is 3.93. The summed E-state index contributed by atoms with van der Waals surface area (Å²) in [4.78, 5) is 29.1. The number of hydrogen-bond acceptors (Lipinski definition) is 7. The highest BCUT2D eigenvalue weighted by atomic mass is 16.5. The lowest BCUT2D eigenvalue weighted by atomic mass is 10.2. The number of aliphatic hydroxyl groups excluding tert-OH is 1. The van der Waals surface area contributed by atoms with E-state index in [1.165, 1.54) is 36.0 Å². The van der Waals surface area contributed by atoms with Crippen molar-refractivity contribution in [1.29, 1.82) is 0 Å². The van der Waals surface area contributed by atoms with E-state index in [0.29, 0.717) is 22.8 Å². The van der Waals surface area contributed by atoms with Crippen LogP contribution >= 0.6 is 0 Å². The number of fused-ring (bicyclic) bond motifs is 1. The van der Waals surface area contributed by atoms with Gasteiger partial charge in [-0.15, -0.1) is 0 Å². The average molecular weight is 373 g/mol. The number of carbonyl (C=O) groups excluding carboxylic acids is 1. The second kappa shape index (κ2) is 7.87. The lowest BCUT2D eigenvalue weighted by Crippen LogP contribution is -2.28. The third-order valence-corrected chi connectivity index (χ3v) is 3.93. The zero-order valence-corrected chi connectivity index (χ0v) is 14.9. The van der Waals surface area contributed by atoms with Crippen LogP contribution in [-0.2, 0) is 17.9 Å². The van der Waals surface area contributed by atoms with Gasteiger partial charge in [0.05, 0.1) is 39.3 Å². The molecule has 0 radical (unpaired) electrons. The van der Waals surface area contributed by atoms with E-state index in [0.717, 1.165) is 0 Å². The standard InChI is InChI=1S/C17H19N5O5/c1-26-11-3-4-13(14(7-11)27-2)20-15(24)9-21-10-18-16-12(17(21)25)8-19-22(16)5-6-23/h3-4,7-8,10,23H,5-6,9H2,1-2H3,(H,20,24). The van der Waals surface area contributed by atoms with Crippen molar-refractivity contribution in [3.05, 3.63) is 41.1 Å². The Bertz CT molecular complexity index is 1030. The molecule has 2 heterocycles. The van der Waals surface area contributed by atoms with Crippen LogP contribution in [0, 0.1) is 0 Å². The highest BCUT2D eigenvalue weighted by Crippen LogP contribution is 2.28. The van der Waals surface area contributed by atoms with E-state index in [-0.39, 0.29) is 30.6 Å². The summed E-state index contributed by atoms with van der Waals surface area (Å²) in [5, 5.41) is 16.0. The number of hydrogen-bond donors (Lipinski definition) is 2. The van der Waals surface area contributed by atoms with Gasteiger partial charge < -0.3 is 19.9 Å². The minimum absolute atomic E-state index is 0.117. The number of amides is 1. The minimum atomic E-state index is -0.413. The van der Waals surface area contributed by atoms with E-state index in [2.05, 4.69) is 15.4 Å². The molecule has 2 N–H and O–H groups in total. The maximum Gasteiger partial charge on any atom is 0.264 e. The van der Waals surface area contributed by atoms with Crippen molar-refractivity contribution in [2.24, 2.45) is 0 Å². The summed E-state index contributed by atoms with van der Waals surface area (Å²) in [6.07, 6.45) is 2.66. The molecule has 0 bridgehead atoms. The maximum atomic E-state index is 12.5. The second-order valence-electron chi connectivity index (χ2n) is 5.62. The molecule has 0 aliphatic rings. The van der Waals surface area contributed by atoms with Crippen LogP contribution in [0.5, 0.6) is 11.5 Å². The molecule has 0 fully saturated rings. The molecule has 1 amide bonds. The van der Waals surface area contributed by atoms with E-state index in [1.807, 2.05) is 0 Å². The highest BCUT2D eigenvalue weighted by Gasteiger charge is 2.13. The van der Waals surface area contributed by atoms with Crippen LogP contribution in [0.4, 0.5) is 5.69 Å². The van der Waals surface area contributed by atoms with Crippen LogP contribution in [-0.4, -0.2) is 51.2 Å². The molecule has 2 aromatic heterocycles. The first-order valence-electron chi connectivity index (χ1n) is 8.11. The predicted octanol–water partition coefficient (Wildman–Crippen LogP) is 0.241. The number of ether oxygens (including phenoxy) is 2. The summed E-state index contributed by atoms with van der Waals surface area (Å²) in [6.45, 7) is -0.104. The highest BCUT2D eigenvalue weighted by molar-refractivity contribution is 5.92. The first-order valence-corrected chi connectivity index (χ1v) is 8.11. The summed E-state index contributed by atoms with van der Waals surface area (Å²) < 4.78 is 13.0. The molecule has 0 aliphatic carbocycles. The number of nitrogens with one attached hydrogen (secondary N) is 1. The van der Waals surface area contributed by atoms with E-state index in [9.17, 15) is 9.59 Å². The number of nitrogens with zero attached hydrogens (tertiary/aromatic N) is 4. The van der Waals surface area contributed by atoms with Gasteiger partial charge in [0.1, 0.15) is 29.8 Å². The van der Waals surface area contributed by atoms with E-state index in [1.54, 1.807) is 18.2 Å². The fourth-order valence-corrected chi connectivity index (χ4v) is 2.61. The summed E-state index contributed by atoms with van der Waals surface area (Å²) in [5.74, 6) is 0.619. The largest absolute Gasteiger partial charge is 0.497 e. The Kier molecular flexibility index (Phi) is 5.36. The molecule has 0 saturated carbocycles. The lowest BCUT2D eigenvalue weighted by Gasteiger charge is -2.12. The number of anilines is 1. The number of aromatic nitrogens is 4. The van der Waals surface area contributed by atoms with Gasteiger partial charge in [-0.25, -0.2) is 9.67 Å². The van der Waals surface area contributed by atoms with Crippen LogP contribution in [0.25, 0.3) is 11.0 Å². The number of aliphatic hydroxyl groups is 1. The Hall–Kier alpha value is -3.40. The molecule has 0 aliphatic heterocycles. The van der Waals surface area contributed by atoms with Gasteiger partial charge in [0.25, 0.3) is 5.56 Å². The van der Waals surface area contributed by atoms with Crippen LogP contribution in [0.3, 0.4) is 0 Å². The molecule has 0 spiro atoms. The van der Waals surface area contributed by atoms with Crippen molar-refractivity contribution in [3.63, 3.8) is 0 Å². The van der Waals surface area contributed by atoms with Crippen molar-refractivity contribution in [3.8, 4) is 11.5 Å². The molecule has 142 valence electrons. The maximum absolute atomic E-state index is 12.5. The van der Waals surface area contributed by atoms with E-state index < -0.39 is 5.91 Å². The summed E-state index contributed by atoms with van der Waals surface area (Å²) in [7, 11) is 3.02. The monoisotopic (exact) mass is 373 g/mol. The molecule has 0 atom stereocenters. The van der Waals surface area contributed by atoms with Gasteiger partial charge in [0.2, 0.25) is 5.91 Å². The van der Waals surface area contributed by atoms with Gasteiger partial charge >= 0.3 is 0 Å². The van der Waals surface area contributed by atoms with Crippen LogP contribution in [0.15, 0.2) is 35.5 Å². The molecular formula is C17H19N5O5. The van der Waals surface area contributed by atoms with Gasteiger partial charge in [-0.2, -0.15) is 5.10 Å². The first-order chi connectivity index (χ1) is 13.1. The number of benzene rings is 1. The minimum Gasteiger partial charge on any atom is -0.497 e.